The predicted octanol–water partition coefficient (Wildman–Crippen LogP) is 3.84. The minimum Gasteiger partial charge on any atom is -0.463 e. The Morgan fingerprint density at radius 3 is 2.68 bits per heavy atom. The van der Waals surface area contributed by atoms with Gasteiger partial charge in [0.25, 0.3) is 5.91 Å². The standard InChI is InChI=1S/C23H29N5O3/c1-4-24-22(30)23(10-6-5-7-11-23)27-21(29)16-13-18(19-9-8-12-31-19)26-20-17(16)14-25-28(20)15(2)3/h8-9,12-15H,4-7,10-11H2,1-3H3,(H,24,30)(H,27,29). The number of hydrogen-bond donors (Lipinski definition) is 2. The number of nitrogens with zero attached hydrogens (tertiary/aromatic N) is 3. The van der Waals surface area contributed by atoms with Crippen molar-refractivity contribution >= 4 is 22.8 Å². The summed E-state index contributed by atoms with van der Waals surface area (Å²) in [7, 11) is 0. The second-order valence-electron chi connectivity index (χ2n) is 8.41. The average Bonchev–Trinajstić information content (AvgIpc) is 3.44. The quantitative estimate of drug-likeness (QED) is 0.627. The predicted molar refractivity (Wildman–Crippen MR) is 118 cm³/mol. The van der Waals surface area contributed by atoms with Crippen molar-refractivity contribution in [2.45, 2.75) is 64.5 Å². The molecule has 4 rings (SSSR count). The molecule has 0 bridgehead atoms. The van der Waals surface area contributed by atoms with Crippen LogP contribution < -0.4 is 10.6 Å². The van der Waals surface area contributed by atoms with Gasteiger partial charge in [-0.25, -0.2) is 9.67 Å². The number of rotatable bonds is 6. The molecule has 1 aliphatic rings. The molecule has 2 N–H and O–H groups in total. The van der Waals surface area contributed by atoms with Gasteiger partial charge in [0.05, 0.1) is 23.4 Å². The van der Waals surface area contributed by atoms with E-state index in [2.05, 4.69) is 15.7 Å². The van der Waals surface area contributed by atoms with Crippen molar-refractivity contribution in [3.8, 4) is 11.5 Å². The number of carbonyl (C=O) groups is 2. The second kappa shape index (κ2) is 8.53. The zero-order valence-electron chi connectivity index (χ0n) is 18.3. The molecule has 0 saturated heterocycles. The number of pyridine rings is 1. The summed E-state index contributed by atoms with van der Waals surface area (Å²) in [4.78, 5) is 31.2. The van der Waals surface area contributed by atoms with E-state index in [0.717, 1.165) is 19.3 Å². The highest BCUT2D eigenvalue weighted by Crippen LogP contribution is 2.31. The molecule has 0 aromatic carbocycles. The first-order chi connectivity index (χ1) is 14.9. The Kier molecular flexibility index (Phi) is 5.80. The molecule has 0 unspecified atom stereocenters. The molecule has 1 aliphatic carbocycles. The molecule has 1 saturated carbocycles. The molecule has 3 aromatic rings. The average molecular weight is 424 g/mol. The fourth-order valence-corrected chi connectivity index (χ4v) is 4.31. The van der Waals surface area contributed by atoms with Crippen molar-refractivity contribution in [1.82, 2.24) is 25.4 Å². The SMILES string of the molecule is CCNC(=O)C1(NC(=O)c2cc(-c3ccco3)nc3c2cnn3C(C)C)CCCCC1. The van der Waals surface area contributed by atoms with Crippen LogP contribution in [0, 0.1) is 0 Å². The lowest BCUT2D eigenvalue weighted by Crippen LogP contribution is -2.59. The number of amides is 2. The highest BCUT2D eigenvalue weighted by molar-refractivity contribution is 6.08. The molecule has 3 heterocycles. The topological polar surface area (TPSA) is 102 Å². The van der Waals surface area contributed by atoms with Crippen molar-refractivity contribution in [1.29, 1.82) is 0 Å². The summed E-state index contributed by atoms with van der Waals surface area (Å²) >= 11 is 0. The molecule has 0 atom stereocenters. The first-order valence-electron chi connectivity index (χ1n) is 11.0. The lowest BCUT2D eigenvalue weighted by molar-refractivity contribution is -0.128. The van der Waals surface area contributed by atoms with Crippen LogP contribution in [-0.4, -0.2) is 38.7 Å². The minimum absolute atomic E-state index is 0.0766. The van der Waals surface area contributed by atoms with Gasteiger partial charge in [-0.2, -0.15) is 5.10 Å². The van der Waals surface area contributed by atoms with Gasteiger partial charge in [-0.05, 0) is 51.8 Å². The summed E-state index contributed by atoms with van der Waals surface area (Å²) in [5.74, 6) is 0.165. The van der Waals surface area contributed by atoms with E-state index in [9.17, 15) is 9.59 Å². The Morgan fingerprint density at radius 2 is 2.03 bits per heavy atom. The van der Waals surface area contributed by atoms with Crippen molar-refractivity contribution in [3.05, 3.63) is 36.2 Å². The third-order valence-corrected chi connectivity index (χ3v) is 5.91. The monoisotopic (exact) mass is 423 g/mol. The zero-order valence-corrected chi connectivity index (χ0v) is 18.3. The fourth-order valence-electron chi connectivity index (χ4n) is 4.31. The summed E-state index contributed by atoms with van der Waals surface area (Å²) in [6.07, 6.45) is 7.40. The molecule has 1 fully saturated rings. The van der Waals surface area contributed by atoms with Crippen LogP contribution in [0.2, 0.25) is 0 Å². The van der Waals surface area contributed by atoms with Crippen LogP contribution >= 0.6 is 0 Å². The lowest BCUT2D eigenvalue weighted by Gasteiger charge is -2.36. The summed E-state index contributed by atoms with van der Waals surface area (Å²) in [5.41, 5.74) is 0.725. The van der Waals surface area contributed by atoms with E-state index < -0.39 is 5.54 Å². The Labute approximate surface area is 181 Å². The van der Waals surface area contributed by atoms with E-state index in [1.54, 1.807) is 29.3 Å². The molecule has 0 aliphatic heterocycles. The maximum atomic E-state index is 13.6. The Hall–Kier alpha value is -3.16. The van der Waals surface area contributed by atoms with Crippen LogP contribution in [0.3, 0.4) is 0 Å². The van der Waals surface area contributed by atoms with Gasteiger partial charge in [-0.1, -0.05) is 19.3 Å². The molecule has 3 aromatic heterocycles. The van der Waals surface area contributed by atoms with Gasteiger partial charge in [0.1, 0.15) is 11.2 Å². The van der Waals surface area contributed by atoms with Gasteiger partial charge >= 0.3 is 0 Å². The van der Waals surface area contributed by atoms with Crippen molar-refractivity contribution in [2.75, 3.05) is 6.54 Å². The van der Waals surface area contributed by atoms with E-state index in [1.165, 1.54) is 0 Å². The fraction of sp³-hybridized carbons (Fsp3) is 0.478. The number of likely N-dealkylation sites (N-methyl/N-ethyl adjacent to an activating group) is 1. The van der Waals surface area contributed by atoms with E-state index in [4.69, 9.17) is 9.40 Å². The van der Waals surface area contributed by atoms with Gasteiger partial charge in [-0.15, -0.1) is 0 Å². The van der Waals surface area contributed by atoms with Crippen LogP contribution in [0.25, 0.3) is 22.5 Å². The van der Waals surface area contributed by atoms with Crippen molar-refractivity contribution in [3.63, 3.8) is 0 Å². The lowest BCUT2D eigenvalue weighted by atomic mass is 9.80. The molecular formula is C23H29N5O3. The summed E-state index contributed by atoms with van der Waals surface area (Å²) in [6.45, 7) is 6.44. The number of aromatic nitrogens is 3. The summed E-state index contributed by atoms with van der Waals surface area (Å²) < 4.78 is 7.32. The Morgan fingerprint density at radius 1 is 1.26 bits per heavy atom. The van der Waals surface area contributed by atoms with Crippen LogP contribution in [0.15, 0.2) is 35.1 Å². The first kappa shape index (κ1) is 21.1. The van der Waals surface area contributed by atoms with Crippen molar-refractivity contribution in [2.24, 2.45) is 0 Å². The third-order valence-electron chi connectivity index (χ3n) is 5.91. The van der Waals surface area contributed by atoms with Crippen molar-refractivity contribution < 1.29 is 14.0 Å². The number of nitrogens with one attached hydrogen (secondary N) is 2. The molecule has 2 amide bonds. The molecule has 164 valence electrons. The zero-order chi connectivity index (χ0) is 22.0. The third kappa shape index (κ3) is 3.94. The van der Waals surface area contributed by atoms with Gasteiger partial charge in [0.15, 0.2) is 11.4 Å². The number of fused-ring (bicyclic) bond motifs is 1. The van der Waals surface area contributed by atoms with Crippen LogP contribution in [-0.2, 0) is 4.79 Å². The normalized spacial score (nSPS) is 15.9. The molecule has 0 radical (unpaired) electrons. The number of furan rings is 1. The van der Waals surface area contributed by atoms with Gasteiger partial charge in [0, 0.05) is 12.6 Å². The highest BCUT2D eigenvalue weighted by Gasteiger charge is 2.41. The van der Waals surface area contributed by atoms with E-state index in [-0.39, 0.29) is 17.9 Å². The van der Waals surface area contributed by atoms with Crippen LogP contribution in [0.5, 0.6) is 0 Å². The number of carbonyl (C=O) groups excluding carboxylic acids is 2. The molecule has 0 spiro atoms. The molecule has 31 heavy (non-hydrogen) atoms. The number of hydrogen-bond acceptors (Lipinski definition) is 5. The minimum atomic E-state index is -0.889. The van der Waals surface area contributed by atoms with Gasteiger partial charge in [-0.3, -0.25) is 9.59 Å². The Bertz CT molecular complexity index is 1080. The smallest absolute Gasteiger partial charge is 0.253 e. The van der Waals surface area contributed by atoms with Gasteiger partial charge < -0.3 is 15.1 Å². The van der Waals surface area contributed by atoms with Crippen LogP contribution in [0.1, 0.15) is 69.3 Å². The molecule has 8 heteroatoms. The molecular weight excluding hydrogens is 394 g/mol. The largest absolute Gasteiger partial charge is 0.463 e. The molecule has 8 nitrogen and oxygen atoms in total. The summed E-state index contributed by atoms with van der Waals surface area (Å²) in [5, 5.41) is 11.1. The van der Waals surface area contributed by atoms with Gasteiger partial charge in [0.2, 0.25) is 5.91 Å². The van der Waals surface area contributed by atoms with E-state index >= 15 is 0 Å². The second-order valence-corrected chi connectivity index (χ2v) is 8.41. The first-order valence-corrected chi connectivity index (χ1v) is 11.0. The van der Waals surface area contributed by atoms with Crippen LogP contribution in [0.4, 0.5) is 0 Å². The van der Waals surface area contributed by atoms with E-state index in [1.807, 2.05) is 26.8 Å². The maximum Gasteiger partial charge on any atom is 0.253 e. The van der Waals surface area contributed by atoms with E-state index in [0.29, 0.717) is 47.4 Å². The highest BCUT2D eigenvalue weighted by atomic mass is 16.3. The Balaban J connectivity index is 1.78. The summed E-state index contributed by atoms with van der Waals surface area (Å²) in [6, 6.07) is 5.39. The maximum absolute atomic E-state index is 13.6.